The first-order valence-electron chi connectivity index (χ1n) is 6.43. The lowest BCUT2D eigenvalue weighted by Gasteiger charge is -2.11. The molecular formula is C11H21NO7S. The number of aliphatic hydroxyl groups excluding tert-OH is 1. The van der Waals surface area contributed by atoms with Crippen molar-refractivity contribution in [3.8, 4) is 0 Å². The minimum Gasteiger partial charge on any atom is -0.447 e. The molecule has 0 aromatic heterocycles. The molecular weight excluding hydrogens is 290 g/mol. The summed E-state index contributed by atoms with van der Waals surface area (Å²) in [5.74, 6) is 0.0791. The van der Waals surface area contributed by atoms with Crippen molar-refractivity contribution in [3.05, 3.63) is 0 Å². The van der Waals surface area contributed by atoms with E-state index in [1.807, 2.05) is 0 Å². The summed E-state index contributed by atoms with van der Waals surface area (Å²) in [6.45, 7) is 1.29. The average molecular weight is 311 g/mol. The molecule has 1 heterocycles. The second-order valence-corrected chi connectivity index (χ2v) is 6.56. The van der Waals surface area contributed by atoms with Crippen LogP contribution in [0.2, 0.25) is 0 Å². The number of rotatable bonds is 9. The minimum atomic E-state index is -3.01. The standard InChI is InChI=1S/C11H21NO7S/c13-2-3-17-4-5-18-6-7-19-11(14)12-10-1-8-20(15,16)9-10/h10,13H,1-9H2,(H,12,14)/t10-/m0/s1. The molecule has 1 saturated heterocycles. The third-order valence-corrected chi connectivity index (χ3v) is 4.39. The molecule has 0 aliphatic carbocycles. The fourth-order valence-electron chi connectivity index (χ4n) is 1.70. The van der Waals surface area contributed by atoms with E-state index in [4.69, 9.17) is 19.3 Å². The topological polar surface area (TPSA) is 111 Å². The highest BCUT2D eigenvalue weighted by atomic mass is 32.2. The van der Waals surface area contributed by atoms with Crippen LogP contribution in [-0.4, -0.2) is 76.8 Å². The molecule has 0 aromatic carbocycles. The van der Waals surface area contributed by atoms with Gasteiger partial charge < -0.3 is 24.6 Å². The highest BCUT2D eigenvalue weighted by molar-refractivity contribution is 7.91. The molecule has 1 fully saturated rings. The number of carbonyl (C=O) groups is 1. The van der Waals surface area contributed by atoms with Crippen LogP contribution in [0.3, 0.4) is 0 Å². The molecule has 118 valence electrons. The van der Waals surface area contributed by atoms with Gasteiger partial charge in [-0.3, -0.25) is 0 Å². The fourth-order valence-corrected chi connectivity index (χ4v) is 3.37. The highest BCUT2D eigenvalue weighted by Gasteiger charge is 2.29. The smallest absolute Gasteiger partial charge is 0.407 e. The van der Waals surface area contributed by atoms with E-state index in [0.717, 1.165) is 0 Å². The summed E-state index contributed by atoms with van der Waals surface area (Å²) in [7, 11) is -3.01. The lowest BCUT2D eigenvalue weighted by atomic mass is 10.3. The van der Waals surface area contributed by atoms with E-state index in [-0.39, 0.29) is 44.0 Å². The summed E-state index contributed by atoms with van der Waals surface area (Å²) in [6, 6.07) is -0.361. The maximum atomic E-state index is 11.3. The minimum absolute atomic E-state index is 0.0270. The van der Waals surface area contributed by atoms with Crippen molar-refractivity contribution in [2.45, 2.75) is 12.5 Å². The molecule has 1 rings (SSSR count). The number of aliphatic hydroxyl groups is 1. The van der Waals surface area contributed by atoms with Crippen LogP contribution in [0.15, 0.2) is 0 Å². The SMILES string of the molecule is O=C(N[C@H]1CCS(=O)(=O)C1)OCCOCCOCCO. The summed E-state index contributed by atoms with van der Waals surface area (Å²) in [6.07, 6.45) is -0.205. The molecule has 0 saturated carbocycles. The molecule has 0 bridgehead atoms. The third-order valence-electron chi connectivity index (χ3n) is 2.62. The molecule has 0 unspecified atom stereocenters. The molecule has 1 aliphatic rings. The monoisotopic (exact) mass is 311 g/mol. The largest absolute Gasteiger partial charge is 0.447 e. The number of sulfone groups is 1. The Balaban J connectivity index is 1.96. The summed E-state index contributed by atoms with van der Waals surface area (Å²) in [4.78, 5) is 11.3. The van der Waals surface area contributed by atoms with E-state index < -0.39 is 15.9 Å². The van der Waals surface area contributed by atoms with Gasteiger partial charge in [-0.15, -0.1) is 0 Å². The van der Waals surface area contributed by atoms with Crippen molar-refractivity contribution in [2.75, 3.05) is 51.1 Å². The lowest BCUT2D eigenvalue weighted by Crippen LogP contribution is -2.36. The van der Waals surface area contributed by atoms with E-state index in [1.165, 1.54) is 0 Å². The van der Waals surface area contributed by atoms with E-state index in [9.17, 15) is 13.2 Å². The Hall–Kier alpha value is -0.900. The van der Waals surface area contributed by atoms with Crippen molar-refractivity contribution in [3.63, 3.8) is 0 Å². The van der Waals surface area contributed by atoms with Gasteiger partial charge in [0.1, 0.15) is 6.61 Å². The summed E-state index contributed by atoms with van der Waals surface area (Å²) < 4.78 is 37.3. The maximum Gasteiger partial charge on any atom is 0.407 e. The molecule has 0 radical (unpaired) electrons. The number of amides is 1. The predicted octanol–water partition coefficient (Wildman–Crippen LogP) is -1.07. The Morgan fingerprint density at radius 3 is 2.40 bits per heavy atom. The summed E-state index contributed by atoms with van der Waals surface area (Å²) in [5.41, 5.74) is 0. The third kappa shape index (κ3) is 7.63. The van der Waals surface area contributed by atoms with Crippen molar-refractivity contribution in [2.24, 2.45) is 0 Å². The maximum absolute atomic E-state index is 11.3. The molecule has 9 heteroatoms. The Kier molecular flexibility index (Phi) is 7.82. The van der Waals surface area contributed by atoms with Crippen LogP contribution < -0.4 is 5.32 Å². The van der Waals surface area contributed by atoms with Crippen LogP contribution in [-0.2, 0) is 24.0 Å². The second kappa shape index (κ2) is 9.11. The van der Waals surface area contributed by atoms with Crippen LogP contribution in [0.4, 0.5) is 4.79 Å². The van der Waals surface area contributed by atoms with E-state index in [2.05, 4.69) is 5.32 Å². The number of hydrogen-bond donors (Lipinski definition) is 2. The zero-order valence-electron chi connectivity index (χ0n) is 11.2. The van der Waals surface area contributed by atoms with Gasteiger partial charge in [0.2, 0.25) is 0 Å². The summed E-state index contributed by atoms with van der Waals surface area (Å²) in [5, 5.41) is 11.0. The number of ether oxygens (including phenoxy) is 3. The molecule has 1 atom stereocenters. The van der Waals surface area contributed by atoms with Gasteiger partial charge in [-0.2, -0.15) is 0 Å². The quantitative estimate of drug-likeness (QED) is 0.521. The Labute approximate surface area is 118 Å². The fraction of sp³-hybridized carbons (Fsp3) is 0.909. The Bertz CT molecular complexity index is 384. The molecule has 0 aromatic rings. The first-order valence-corrected chi connectivity index (χ1v) is 8.26. The lowest BCUT2D eigenvalue weighted by molar-refractivity contribution is 0.0184. The Morgan fingerprint density at radius 2 is 1.80 bits per heavy atom. The van der Waals surface area contributed by atoms with Gasteiger partial charge in [-0.1, -0.05) is 0 Å². The van der Waals surface area contributed by atoms with Gasteiger partial charge in [0, 0.05) is 6.04 Å². The Morgan fingerprint density at radius 1 is 1.15 bits per heavy atom. The first kappa shape index (κ1) is 17.2. The first-order chi connectivity index (χ1) is 9.53. The number of hydrogen-bond acceptors (Lipinski definition) is 7. The van der Waals surface area contributed by atoms with E-state index in [1.54, 1.807) is 0 Å². The van der Waals surface area contributed by atoms with Crippen molar-refractivity contribution in [1.82, 2.24) is 5.32 Å². The molecule has 20 heavy (non-hydrogen) atoms. The zero-order chi connectivity index (χ0) is 14.8. The van der Waals surface area contributed by atoms with E-state index >= 15 is 0 Å². The molecule has 2 N–H and O–H groups in total. The van der Waals surface area contributed by atoms with Crippen LogP contribution in [0, 0.1) is 0 Å². The predicted molar refractivity (Wildman–Crippen MR) is 70.3 cm³/mol. The molecule has 8 nitrogen and oxygen atoms in total. The van der Waals surface area contributed by atoms with Gasteiger partial charge >= 0.3 is 6.09 Å². The van der Waals surface area contributed by atoms with Crippen LogP contribution in [0.5, 0.6) is 0 Å². The zero-order valence-corrected chi connectivity index (χ0v) is 12.1. The number of alkyl carbamates (subject to hydrolysis) is 1. The second-order valence-electron chi connectivity index (χ2n) is 4.33. The van der Waals surface area contributed by atoms with Crippen LogP contribution >= 0.6 is 0 Å². The van der Waals surface area contributed by atoms with Crippen LogP contribution in [0.25, 0.3) is 0 Å². The van der Waals surface area contributed by atoms with Crippen molar-refractivity contribution in [1.29, 1.82) is 0 Å². The number of nitrogens with one attached hydrogen (secondary N) is 1. The van der Waals surface area contributed by atoms with Crippen molar-refractivity contribution >= 4 is 15.9 Å². The average Bonchev–Trinajstić information content (AvgIpc) is 2.72. The normalized spacial score (nSPS) is 20.8. The van der Waals surface area contributed by atoms with Gasteiger partial charge in [0.15, 0.2) is 9.84 Å². The molecule has 1 amide bonds. The van der Waals surface area contributed by atoms with Gasteiger partial charge in [0.05, 0.1) is 44.5 Å². The van der Waals surface area contributed by atoms with Crippen molar-refractivity contribution < 1.29 is 32.5 Å². The number of carbonyl (C=O) groups excluding carboxylic acids is 1. The van der Waals surface area contributed by atoms with Gasteiger partial charge in [0.25, 0.3) is 0 Å². The van der Waals surface area contributed by atoms with Crippen LogP contribution in [0.1, 0.15) is 6.42 Å². The molecule has 0 spiro atoms. The highest BCUT2D eigenvalue weighted by Crippen LogP contribution is 2.11. The van der Waals surface area contributed by atoms with Gasteiger partial charge in [-0.25, -0.2) is 13.2 Å². The summed E-state index contributed by atoms with van der Waals surface area (Å²) >= 11 is 0. The van der Waals surface area contributed by atoms with E-state index in [0.29, 0.717) is 19.6 Å². The van der Waals surface area contributed by atoms with Gasteiger partial charge in [-0.05, 0) is 6.42 Å². The molecule has 1 aliphatic heterocycles.